The zero-order valence-electron chi connectivity index (χ0n) is 10.5. The Bertz CT molecular complexity index is 497. The predicted octanol–water partition coefficient (Wildman–Crippen LogP) is 4.20. The smallest absolute Gasteiger partial charge is 0.0393 e. The van der Waals surface area contributed by atoms with E-state index in [4.69, 9.17) is 5.73 Å². The van der Waals surface area contributed by atoms with Gasteiger partial charge in [0.2, 0.25) is 0 Å². The molecular weight excluding hydrogens is 206 g/mol. The molecule has 0 aliphatic rings. The van der Waals surface area contributed by atoms with E-state index in [0.717, 1.165) is 17.7 Å². The summed E-state index contributed by atoms with van der Waals surface area (Å²) < 4.78 is 0. The minimum Gasteiger partial charge on any atom is -0.398 e. The Hall–Kier alpha value is -1.76. The van der Waals surface area contributed by atoms with Crippen LogP contribution >= 0.6 is 0 Å². The molecule has 0 aromatic heterocycles. The third kappa shape index (κ3) is 2.68. The SMILES string of the molecule is CCCc1ccc(-c2cc(C)ccc2N)cc1. The van der Waals surface area contributed by atoms with Crippen molar-refractivity contribution in [3.8, 4) is 11.1 Å². The van der Waals surface area contributed by atoms with E-state index < -0.39 is 0 Å². The summed E-state index contributed by atoms with van der Waals surface area (Å²) in [6, 6.07) is 14.9. The molecule has 2 aromatic carbocycles. The van der Waals surface area contributed by atoms with Gasteiger partial charge in [0.05, 0.1) is 0 Å². The van der Waals surface area contributed by atoms with Gasteiger partial charge in [0, 0.05) is 11.3 Å². The standard InChI is InChI=1S/C16H19N/c1-3-4-13-6-8-14(9-7-13)15-11-12(2)5-10-16(15)17/h5-11H,3-4,17H2,1-2H3. The largest absolute Gasteiger partial charge is 0.398 e. The van der Waals surface area contributed by atoms with Crippen LogP contribution in [0, 0.1) is 6.92 Å². The van der Waals surface area contributed by atoms with Crippen molar-refractivity contribution < 1.29 is 0 Å². The molecule has 0 fully saturated rings. The first-order valence-corrected chi connectivity index (χ1v) is 6.16. The Labute approximate surface area is 103 Å². The Balaban J connectivity index is 2.36. The van der Waals surface area contributed by atoms with Crippen LogP contribution in [0.5, 0.6) is 0 Å². The minimum absolute atomic E-state index is 0.846. The van der Waals surface area contributed by atoms with Gasteiger partial charge in [-0.05, 0) is 36.6 Å². The lowest BCUT2D eigenvalue weighted by Gasteiger charge is -2.08. The van der Waals surface area contributed by atoms with E-state index in [9.17, 15) is 0 Å². The van der Waals surface area contributed by atoms with Crippen LogP contribution in [0.1, 0.15) is 24.5 Å². The van der Waals surface area contributed by atoms with Crippen molar-refractivity contribution in [3.63, 3.8) is 0 Å². The lowest BCUT2D eigenvalue weighted by atomic mass is 9.99. The van der Waals surface area contributed by atoms with E-state index in [1.54, 1.807) is 0 Å². The van der Waals surface area contributed by atoms with Crippen LogP contribution in [-0.2, 0) is 6.42 Å². The van der Waals surface area contributed by atoms with Crippen LogP contribution in [0.3, 0.4) is 0 Å². The Kier molecular flexibility index (Phi) is 3.48. The molecule has 0 amide bonds. The number of hydrogen-bond donors (Lipinski definition) is 1. The molecule has 1 heteroatoms. The number of nitrogen functional groups attached to an aromatic ring is 1. The van der Waals surface area contributed by atoms with Crippen molar-refractivity contribution >= 4 is 5.69 Å². The van der Waals surface area contributed by atoms with Gasteiger partial charge in [-0.2, -0.15) is 0 Å². The predicted molar refractivity (Wildman–Crippen MR) is 75.0 cm³/mol. The van der Waals surface area contributed by atoms with Crippen LogP contribution in [0.25, 0.3) is 11.1 Å². The molecule has 2 N–H and O–H groups in total. The van der Waals surface area contributed by atoms with Crippen LogP contribution < -0.4 is 5.73 Å². The fourth-order valence-corrected chi connectivity index (χ4v) is 2.06. The summed E-state index contributed by atoms with van der Waals surface area (Å²) in [7, 11) is 0. The summed E-state index contributed by atoms with van der Waals surface area (Å²) in [6.07, 6.45) is 2.33. The van der Waals surface area contributed by atoms with E-state index in [0.29, 0.717) is 0 Å². The maximum Gasteiger partial charge on any atom is 0.0393 e. The van der Waals surface area contributed by atoms with Gasteiger partial charge in [0.15, 0.2) is 0 Å². The zero-order valence-corrected chi connectivity index (χ0v) is 10.5. The molecule has 0 heterocycles. The first-order valence-electron chi connectivity index (χ1n) is 6.16. The highest BCUT2D eigenvalue weighted by Crippen LogP contribution is 2.27. The van der Waals surface area contributed by atoms with Gasteiger partial charge in [-0.3, -0.25) is 0 Å². The topological polar surface area (TPSA) is 26.0 Å². The van der Waals surface area contributed by atoms with Gasteiger partial charge < -0.3 is 5.73 Å². The molecule has 0 spiro atoms. The first-order chi connectivity index (χ1) is 8.20. The van der Waals surface area contributed by atoms with E-state index >= 15 is 0 Å². The second-order valence-electron chi connectivity index (χ2n) is 4.54. The molecule has 0 saturated heterocycles. The first kappa shape index (κ1) is 11.7. The molecule has 1 nitrogen and oxygen atoms in total. The van der Waals surface area contributed by atoms with E-state index in [1.165, 1.54) is 23.1 Å². The Morgan fingerprint density at radius 3 is 2.35 bits per heavy atom. The van der Waals surface area contributed by atoms with E-state index in [-0.39, 0.29) is 0 Å². The number of rotatable bonds is 3. The van der Waals surface area contributed by atoms with Gasteiger partial charge >= 0.3 is 0 Å². The molecule has 2 aromatic rings. The molecule has 17 heavy (non-hydrogen) atoms. The average molecular weight is 225 g/mol. The molecular formula is C16H19N. The summed E-state index contributed by atoms with van der Waals surface area (Å²) >= 11 is 0. The maximum absolute atomic E-state index is 6.02. The summed E-state index contributed by atoms with van der Waals surface area (Å²) in [6.45, 7) is 4.29. The van der Waals surface area contributed by atoms with Gasteiger partial charge in [0.1, 0.15) is 0 Å². The van der Waals surface area contributed by atoms with Crippen LogP contribution in [0.4, 0.5) is 5.69 Å². The molecule has 0 saturated carbocycles. The van der Waals surface area contributed by atoms with Crippen molar-refractivity contribution in [2.24, 2.45) is 0 Å². The molecule has 0 bridgehead atoms. The van der Waals surface area contributed by atoms with Crippen LogP contribution in [-0.4, -0.2) is 0 Å². The quantitative estimate of drug-likeness (QED) is 0.778. The highest BCUT2D eigenvalue weighted by Gasteiger charge is 2.02. The average Bonchev–Trinajstić information content (AvgIpc) is 2.34. The van der Waals surface area contributed by atoms with E-state index in [2.05, 4.69) is 44.2 Å². The van der Waals surface area contributed by atoms with Gasteiger partial charge in [-0.25, -0.2) is 0 Å². The normalized spacial score (nSPS) is 10.5. The number of hydrogen-bond acceptors (Lipinski definition) is 1. The second-order valence-corrected chi connectivity index (χ2v) is 4.54. The van der Waals surface area contributed by atoms with Crippen LogP contribution in [0.2, 0.25) is 0 Å². The van der Waals surface area contributed by atoms with Crippen molar-refractivity contribution in [3.05, 3.63) is 53.6 Å². The lowest BCUT2D eigenvalue weighted by Crippen LogP contribution is -1.91. The Morgan fingerprint density at radius 1 is 1.00 bits per heavy atom. The molecule has 88 valence electrons. The van der Waals surface area contributed by atoms with Gasteiger partial charge in [-0.15, -0.1) is 0 Å². The third-order valence-corrected chi connectivity index (χ3v) is 3.01. The molecule has 0 unspecified atom stereocenters. The number of anilines is 1. The highest BCUT2D eigenvalue weighted by molar-refractivity contribution is 5.76. The molecule has 0 atom stereocenters. The number of nitrogens with two attached hydrogens (primary N) is 1. The zero-order chi connectivity index (χ0) is 12.3. The molecule has 0 aliphatic heterocycles. The number of benzene rings is 2. The highest BCUT2D eigenvalue weighted by atomic mass is 14.6. The maximum atomic E-state index is 6.02. The van der Waals surface area contributed by atoms with Crippen molar-refractivity contribution in [2.75, 3.05) is 5.73 Å². The summed E-state index contributed by atoms with van der Waals surface area (Å²) in [5.74, 6) is 0. The third-order valence-electron chi connectivity index (χ3n) is 3.01. The Morgan fingerprint density at radius 2 is 1.71 bits per heavy atom. The molecule has 0 aliphatic carbocycles. The number of aryl methyl sites for hydroxylation is 2. The molecule has 0 radical (unpaired) electrons. The van der Waals surface area contributed by atoms with Gasteiger partial charge in [0.25, 0.3) is 0 Å². The van der Waals surface area contributed by atoms with Gasteiger partial charge in [-0.1, -0.05) is 49.2 Å². The van der Waals surface area contributed by atoms with E-state index in [1.807, 2.05) is 12.1 Å². The fourth-order valence-electron chi connectivity index (χ4n) is 2.06. The summed E-state index contributed by atoms with van der Waals surface area (Å²) in [4.78, 5) is 0. The summed E-state index contributed by atoms with van der Waals surface area (Å²) in [5.41, 5.74) is 11.8. The van der Waals surface area contributed by atoms with Crippen molar-refractivity contribution in [1.29, 1.82) is 0 Å². The minimum atomic E-state index is 0.846. The van der Waals surface area contributed by atoms with Crippen molar-refractivity contribution in [1.82, 2.24) is 0 Å². The second kappa shape index (κ2) is 5.05. The van der Waals surface area contributed by atoms with Crippen LogP contribution in [0.15, 0.2) is 42.5 Å². The molecule has 2 rings (SSSR count). The fraction of sp³-hybridized carbons (Fsp3) is 0.250. The summed E-state index contributed by atoms with van der Waals surface area (Å²) in [5, 5.41) is 0. The monoisotopic (exact) mass is 225 g/mol. The van der Waals surface area contributed by atoms with Crippen molar-refractivity contribution in [2.45, 2.75) is 26.7 Å². The lowest BCUT2D eigenvalue weighted by molar-refractivity contribution is 0.922.